The van der Waals surface area contributed by atoms with Gasteiger partial charge in [0.25, 0.3) is 0 Å². The zero-order valence-electron chi connectivity index (χ0n) is 3.67. The van der Waals surface area contributed by atoms with Crippen LogP contribution in [0.5, 0.6) is 0 Å². The number of tetrazole rings is 1. The molecule has 0 spiro atoms. The fraction of sp³-hybridized carbons (Fsp3) is 0.500. The Balaban J connectivity index is 3.04. The minimum atomic E-state index is 0.523. The average Bonchev–Trinajstić information content (AvgIpc) is 1.87. The van der Waals surface area contributed by atoms with Gasteiger partial charge in [0.1, 0.15) is 0 Å². The van der Waals surface area contributed by atoms with E-state index in [-0.39, 0.29) is 0 Å². The summed E-state index contributed by atoms with van der Waals surface area (Å²) in [6.45, 7) is 0. The number of nitrogens with zero attached hydrogens (tertiary/aromatic N) is 4. The molecule has 7 heavy (non-hydrogen) atoms. The SMILES string of the molecule is Cn1nnc(Br)n1. The summed E-state index contributed by atoms with van der Waals surface area (Å²) in [5.41, 5.74) is 0. The van der Waals surface area contributed by atoms with Crippen molar-refractivity contribution in [3.8, 4) is 0 Å². The fourth-order valence-electron chi connectivity index (χ4n) is 0.261. The van der Waals surface area contributed by atoms with Gasteiger partial charge in [0, 0.05) is 0 Å². The molecule has 1 aromatic rings. The highest BCUT2D eigenvalue weighted by atomic mass is 79.9. The maximum atomic E-state index is 3.72. The standard InChI is InChI=1S/C2H3BrN4/c1-7-5-2(3)4-6-7/h1H3. The molecule has 0 atom stereocenters. The quantitative estimate of drug-likeness (QED) is 0.539. The molecule has 0 bridgehead atoms. The van der Waals surface area contributed by atoms with E-state index in [0.29, 0.717) is 4.73 Å². The van der Waals surface area contributed by atoms with Crippen molar-refractivity contribution in [3.63, 3.8) is 0 Å². The van der Waals surface area contributed by atoms with Crippen LogP contribution in [-0.2, 0) is 7.05 Å². The van der Waals surface area contributed by atoms with E-state index in [1.54, 1.807) is 7.05 Å². The topological polar surface area (TPSA) is 43.6 Å². The van der Waals surface area contributed by atoms with Gasteiger partial charge >= 0.3 is 0 Å². The van der Waals surface area contributed by atoms with E-state index in [0.717, 1.165) is 0 Å². The molecule has 0 N–H and O–H groups in total. The number of hydrogen-bond acceptors (Lipinski definition) is 3. The minimum Gasteiger partial charge on any atom is -0.166 e. The van der Waals surface area contributed by atoms with E-state index in [1.165, 1.54) is 4.80 Å². The van der Waals surface area contributed by atoms with Gasteiger partial charge in [-0.2, -0.15) is 4.80 Å². The third-order valence-electron chi connectivity index (χ3n) is 0.484. The molecule has 1 heterocycles. The number of aryl methyl sites for hydroxylation is 1. The zero-order valence-corrected chi connectivity index (χ0v) is 5.25. The lowest BCUT2D eigenvalue weighted by molar-refractivity contribution is 0.629. The smallest absolute Gasteiger partial charge is 0.166 e. The van der Waals surface area contributed by atoms with E-state index < -0.39 is 0 Å². The van der Waals surface area contributed by atoms with E-state index in [2.05, 4.69) is 31.3 Å². The fourth-order valence-corrected chi connectivity index (χ4v) is 0.562. The first kappa shape index (κ1) is 4.70. The van der Waals surface area contributed by atoms with Gasteiger partial charge in [0.05, 0.1) is 7.05 Å². The van der Waals surface area contributed by atoms with Crippen LogP contribution in [0.3, 0.4) is 0 Å². The lowest BCUT2D eigenvalue weighted by atomic mass is 11.4. The Morgan fingerprint density at radius 3 is 2.57 bits per heavy atom. The van der Waals surface area contributed by atoms with E-state index in [1.807, 2.05) is 0 Å². The molecule has 0 saturated carbocycles. The van der Waals surface area contributed by atoms with E-state index in [9.17, 15) is 0 Å². The molecule has 0 aliphatic carbocycles. The van der Waals surface area contributed by atoms with Gasteiger partial charge < -0.3 is 0 Å². The summed E-state index contributed by atoms with van der Waals surface area (Å²) >= 11 is 3.03. The summed E-state index contributed by atoms with van der Waals surface area (Å²) in [4.78, 5) is 1.38. The molecule has 0 aliphatic heterocycles. The van der Waals surface area contributed by atoms with Crippen molar-refractivity contribution in [2.24, 2.45) is 7.05 Å². The Morgan fingerprint density at radius 2 is 2.43 bits per heavy atom. The van der Waals surface area contributed by atoms with Gasteiger partial charge in [-0.05, 0) is 21.1 Å². The molecule has 1 aromatic heterocycles. The van der Waals surface area contributed by atoms with Crippen LogP contribution >= 0.6 is 15.9 Å². The number of rotatable bonds is 0. The summed E-state index contributed by atoms with van der Waals surface area (Å²) in [5.74, 6) is 0. The van der Waals surface area contributed by atoms with Gasteiger partial charge in [-0.1, -0.05) is 0 Å². The molecule has 0 aromatic carbocycles. The summed E-state index contributed by atoms with van der Waals surface area (Å²) < 4.78 is 0.523. The first-order valence-electron chi connectivity index (χ1n) is 1.68. The lowest BCUT2D eigenvalue weighted by Crippen LogP contribution is -1.91. The molecular weight excluding hydrogens is 160 g/mol. The molecule has 0 amide bonds. The number of halogens is 1. The molecular formula is C2H3BrN4. The predicted molar refractivity (Wildman–Crippen MR) is 26.5 cm³/mol. The van der Waals surface area contributed by atoms with Gasteiger partial charge in [-0.3, -0.25) is 0 Å². The van der Waals surface area contributed by atoms with Crippen LogP contribution in [0.4, 0.5) is 0 Å². The molecule has 0 aliphatic rings. The normalized spacial score (nSPS) is 9.43. The molecule has 0 unspecified atom stereocenters. The maximum Gasteiger partial charge on any atom is 0.239 e. The van der Waals surface area contributed by atoms with Gasteiger partial charge in [0.2, 0.25) is 4.73 Å². The van der Waals surface area contributed by atoms with Crippen molar-refractivity contribution < 1.29 is 0 Å². The largest absolute Gasteiger partial charge is 0.239 e. The second-order valence-electron chi connectivity index (χ2n) is 1.05. The highest BCUT2D eigenvalue weighted by Crippen LogP contribution is 1.93. The van der Waals surface area contributed by atoms with Crippen molar-refractivity contribution in [2.75, 3.05) is 0 Å². The van der Waals surface area contributed by atoms with Gasteiger partial charge in [-0.15, -0.1) is 10.2 Å². The third-order valence-corrected chi connectivity index (χ3v) is 0.801. The molecule has 0 radical (unpaired) electrons. The lowest BCUT2D eigenvalue weighted by Gasteiger charge is -1.72. The summed E-state index contributed by atoms with van der Waals surface area (Å²) in [7, 11) is 1.71. The van der Waals surface area contributed by atoms with Crippen molar-refractivity contribution >= 4 is 15.9 Å². The van der Waals surface area contributed by atoms with Crippen LogP contribution in [0, 0.1) is 0 Å². The number of hydrogen-bond donors (Lipinski definition) is 0. The first-order valence-corrected chi connectivity index (χ1v) is 2.48. The third kappa shape index (κ3) is 0.957. The average molecular weight is 163 g/mol. The maximum absolute atomic E-state index is 3.72. The Bertz CT molecular complexity index is 142. The Morgan fingerprint density at radius 1 is 1.71 bits per heavy atom. The van der Waals surface area contributed by atoms with Crippen molar-refractivity contribution in [1.82, 2.24) is 20.2 Å². The monoisotopic (exact) mass is 162 g/mol. The van der Waals surface area contributed by atoms with Crippen LogP contribution in [0.2, 0.25) is 0 Å². The summed E-state index contributed by atoms with van der Waals surface area (Å²) in [6, 6.07) is 0. The van der Waals surface area contributed by atoms with Crippen molar-refractivity contribution in [2.45, 2.75) is 0 Å². The van der Waals surface area contributed by atoms with Crippen LogP contribution in [-0.4, -0.2) is 20.2 Å². The molecule has 4 nitrogen and oxygen atoms in total. The summed E-state index contributed by atoms with van der Waals surface area (Å²) in [5, 5.41) is 10.8. The second-order valence-corrected chi connectivity index (χ2v) is 1.76. The molecule has 38 valence electrons. The van der Waals surface area contributed by atoms with Gasteiger partial charge in [0.15, 0.2) is 0 Å². The molecule has 0 fully saturated rings. The molecule has 1 rings (SSSR count). The minimum absolute atomic E-state index is 0.523. The zero-order chi connectivity index (χ0) is 5.28. The van der Waals surface area contributed by atoms with E-state index in [4.69, 9.17) is 0 Å². The van der Waals surface area contributed by atoms with Crippen molar-refractivity contribution in [3.05, 3.63) is 4.73 Å². The molecule has 0 saturated heterocycles. The predicted octanol–water partition coefficient (Wildman–Crippen LogP) is -0.0274. The van der Waals surface area contributed by atoms with Gasteiger partial charge in [-0.25, -0.2) is 0 Å². The van der Waals surface area contributed by atoms with Crippen LogP contribution < -0.4 is 0 Å². The summed E-state index contributed by atoms with van der Waals surface area (Å²) in [6.07, 6.45) is 0. The van der Waals surface area contributed by atoms with Crippen LogP contribution in [0.25, 0.3) is 0 Å². The first-order chi connectivity index (χ1) is 3.29. The molecule has 5 heteroatoms. The Hall–Kier alpha value is -0.450. The Kier molecular flexibility index (Phi) is 1.06. The van der Waals surface area contributed by atoms with Crippen LogP contribution in [0.15, 0.2) is 4.73 Å². The highest BCUT2D eigenvalue weighted by Gasteiger charge is 1.87. The van der Waals surface area contributed by atoms with Crippen LogP contribution in [0.1, 0.15) is 0 Å². The Labute approximate surface area is 48.6 Å². The second kappa shape index (κ2) is 1.57. The van der Waals surface area contributed by atoms with Crippen molar-refractivity contribution in [1.29, 1.82) is 0 Å². The van der Waals surface area contributed by atoms with E-state index >= 15 is 0 Å². The number of aromatic nitrogens is 4. The highest BCUT2D eigenvalue weighted by molar-refractivity contribution is 9.10.